The van der Waals surface area contributed by atoms with Crippen LogP contribution in [-0.2, 0) is 9.53 Å². The van der Waals surface area contributed by atoms with E-state index >= 15 is 0 Å². The first kappa shape index (κ1) is 18.7. The maximum Gasteiger partial charge on any atom is 0.350 e. The van der Waals surface area contributed by atoms with E-state index in [1.807, 2.05) is 20.8 Å². The van der Waals surface area contributed by atoms with Crippen molar-refractivity contribution in [1.29, 1.82) is 0 Å². The van der Waals surface area contributed by atoms with Crippen LogP contribution in [0.25, 0.3) is 0 Å². The third kappa shape index (κ3) is 5.39. The Labute approximate surface area is 182 Å². The lowest BCUT2D eigenvalue weighted by molar-refractivity contribution is -0.166. The molecule has 0 bridgehead atoms. The molecular weight excluding hydrogens is 388 g/mol. The standard InChI is InChI=1S/C24H29ClO4/c1-7-17(5)28-23(27)24(6,8-2)29-19-10-11-20(15(3)14-19)22(26)18-9-12-21(25)16(4)13-18/h9-14,17H,7-8H2,1-6H3/i9D,12D,13D. The van der Waals surface area contributed by atoms with Crippen LogP contribution in [0.1, 0.15) is 71.7 Å². The van der Waals surface area contributed by atoms with Crippen LogP contribution in [0.2, 0.25) is 5.02 Å². The first-order valence-electron chi connectivity index (χ1n) is 11.2. The van der Waals surface area contributed by atoms with Gasteiger partial charge in [-0.2, -0.15) is 0 Å². The summed E-state index contributed by atoms with van der Waals surface area (Å²) < 4.78 is 35.8. The van der Waals surface area contributed by atoms with Gasteiger partial charge >= 0.3 is 5.97 Å². The number of halogens is 1. The first-order chi connectivity index (χ1) is 14.9. The maximum absolute atomic E-state index is 13.2. The molecule has 2 rings (SSSR count). The van der Waals surface area contributed by atoms with Crippen molar-refractivity contribution in [3.05, 3.63) is 63.6 Å². The largest absolute Gasteiger partial charge is 0.476 e. The topological polar surface area (TPSA) is 52.6 Å². The lowest BCUT2D eigenvalue weighted by Gasteiger charge is -2.29. The molecule has 4 nitrogen and oxygen atoms in total. The van der Waals surface area contributed by atoms with Crippen molar-refractivity contribution < 1.29 is 23.2 Å². The monoisotopic (exact) mass is 419 g/mol. The van der Waals surface area contributed by atoms with E-state index in [9.17, 15) is 9.59 Å². The smallest absolute Gasteiger partial charge is 0.350 e. The van der Waals surface area contributed by atoms with Gasteiger partial charge in [-0.05, 0) is 88.0 Å². The Bertz CT molecular complexity index is 1030. The molecular formula is C24H29ClO4. The fraction of sp³-hybridized carbons (Fsp3) is 0.417. The van der Waals surface area contributed by atoms with Crippen LogP contribution in [0.4, 0.5) is 0 Å². The predicted octanol–water partition coefficient (Wildman–Crippen LogP) is 6.08. The molecule has 0 amide bonds. The average molecular weight is 420 g/mol. The Hall–Kier alpha value is -2.33. The van der Waals surface area contributed by atoms with Gasteiger partial charge in [-0.1, -0.05) is 25.4 Å². The number of aryl methyl sites for hydroxylation is 1. The molecule has 0 radical (unpaired) electrons. The molecule has 0 aromatic heterocycles. The molecule has 2 aromatic carbocycles. The number of hydrogen-bond donors (Lipinski definition) is 0. The van der Waals surface area contributed by atoms with Gasteiger partial charge < -0.3 is 9.47 Å². The zero-order chi connectivity index (χ0) is 24.4. The summed E-state index contributed by atoms with van der Waals surface area (Å²) in [6, 6.07) is 3.93. The molecule has 0 aliphatic rings. The number of ether oxygens (including phenoxy) is 2. The molecule has 0 aliphatic heterocycles. The van der Waals surface area contributed by atoms with E-state index in [0.717, 1.165) is 0 Å². The van der Waals surface area contributed by atoms with Gasteiger partial charge in [0.15, 0.2) is 5.78 Å². The lowest BCUT2D eigenvalue weighted by Crippen LogP contribution is -2.43. The van der Waals surface area contributed by atoms with Crippen molar-refractivity contribution >= 4 is 23.4 Å². The fourth-order valence-corrected chi connectivity index (χ4v) is 2.69. The van der Waals surface area contributed by atoms with Gasteiger partial charge in [0.2, 0.25) is 5.60 Å². The Kier molecular flexibility index (Phi) is 6.09. The molecule has 2 unspecified atom stereocenters. The van der Waals surface area contributed by atoms with Gasteiger partial charge in [-0.15, -0.1) is 0 Å². The Morgan fingerprint density at radius 3 is 2.48 bits per heavy atom. The highest BCUT2D eigenvalue weighted by Crippen LogP contribution is 2.27. The summed E-state index contributed by atoms with van der Waals surface area (Å²) in [4.78, 5) is 25.8. The minimum absolute atomic E-state index is 0.000138. The molecule has 2 atom stereocenters. The number of rotatable bonds is 8. The first-order valence-corrected chi connectivity index (χ1v) is 10.1. The van der Waals surface area contributed by atoms with Crippen LogP contribution in [0.15, 0.2) is 36.3 Å². The third-order valence-electron chi connectivity index (χ3n) is 4.94. The summed E-state index contributed by atoms with van der Waals surface area (Å²) in [5, 5.41) is 0.000138. The SMILES string of the molecule is [2H]c1c([2H])c(C(=O)c2ccc(OC(C)(CC)C(=O)OC(C)CC)cc2C)c([2H])c(C)c1Cl. The molecule has 0 saturated carbocycles. The van der Waals surface area contributed by atoms with E-state index in [-0.39, 0.29) is 45.9 Å². The maximum atomic E-state index is 13.2. The van der Waals surface area contributed by atoms with Crippen LogP contribution in [0.5, 0.6) is 5.75 Å². The van der Waals surface area contributed by atoms with Gasteiger partial charge in [-0.3, -0.25) is 4.79 Å². The molecule has 0 N–H and O–H groups in total. The van der Waals surface area contributed by atoms with E-state index < -0.39 is 17.4 Å². The van der Waals surface area contributed by atoms with Crippen molar-refractivity contribution in [2.45, 2.75) is 66.1 Å². The van der Waals surface area contributed by atoms with E-state index in [0.29, 0.717) is 24.2 Å². The van der Waals surface area contributed by atoms with Crippen LogP contribution in [0, 0.1) is 13.8 Å². The summed E-state index contributed by atoms with van der Waals surface area (Å²) in [6.07, 6.45) is 0.867. The highest BCUT2D eigenvalue weighted by atomic mass is 35.5. The van der Waals surface area contributed by atoms with Crippen molar-refractivity contribution in [2.75, 3.05) is 0 Å². The third-order valence-corrected chi connectivity index (χ3v) is 5.32. The quantitative estimate of drug-likeness (QED) is 0.384. The van der Waals surface area contributed by atoms with Gasteiger partial charge in [-0.25, -0.2) is 4.79 Å². The molecule has 0 fully saturated rings. The molecule has 5 heteroatoms. The number of ketones is 1. The molecule has 156 valence electrons. The number of benzene rings is 2. The molecule has 2 aromatic rings. The van der Waals surface area contributed by atoms with E-state index in [2.05, 4.69) is 0 Å². The Balaban J connectivity index is 2.39. The van der Waals surface area contributed by atoms with E-state index in [1.54, 1.807) is 32.9 Å². The summed E-state index contributed by atoms with van der Waals surface area (Å²) in [5.41, 5.74) is -0.228. The molecule has 0 aliphatic carbocycles. The molecule has 0 heterocycles. The van der Waals surface area contributed by atoms with E-state index in [4.69, 9.17) is 25.2 Å². The number of carbonyl (C=O) groups is 2. The van der Waals surface area contributed by atoms with Crippen LogP contribution in [-0.4, -0.2) is 23.5 Å². The minimum Gasteiger partial charge on any atom is -0.476 e. The highest BCUT2D eigenvalue weighted by molar-refractivity contribution is 6.31. The second kappa shape index (κ2) is 9.45. The summed E-state index contributed by atoms with van der Waals surface area (Å²) in [7, 11) is 0. The zero-order valence-electron chi connectivity index (χ0n) is 20.7. The Morgan fingerprint density at radius 2 is 1.90 bits per heavy atom. The van der Waals surface area contributed by atoms with Crippen LogP contribution >= 0.6 is 11.6 Å². The minimum atomic E-state index is -1.18. The van der Waals surface area contributed by atoms with Gasteiger partial charge in [0.05, 0.1) is 10.2 Å². The van der Waals surface area contributed by atoms with Crippen LogP contribution in [0.3, 0.4) is 0 Å². The van der Waals surface area contributed by atoms with Crippen molar-refractivity contribution in [1.82, 2.24) is 0 Å². The number of esters is 1. The predicted molar refractivity (Wildman–Crippen MR) is 116 cm³/mol. The molecule has 0 saturated heterocycles. The number of hydrogen-bond acceptors (Lipinski definition) is 4. The molecule has 0 spiro atoms. The fourth-order valence-electron chi connectivity index (χ4n) is 2.60. The van der Waals surface area contributed by atoms with Crippen molar-refractivity contribution in [3.8, 4) is 5.75 Å². The summed E-state index contributed by atoms with van der Waals surface area (Å²) >= 11 is 6.01. The second-order valence-electron chi connectivity index (χ2n) is 7.31. The highest BCUT2D eigenvalue weighted by Gasteiger charge is 2.36. The average Bonchev–Trinajstić information content (AvgIpc) is 2.76. The van der Waals surface area contributed by atoms with Crippen molar-refractivity contribution in [3.63, 3.8) is 0 Å². The Morgan fingerprint density at radius 1 is 1.21 bits per heavy atom. The normalized spacial score (nSPS) is 15.5. The number of carbonyl (C=O) groups excluding carboxylic acids is 2. The van der Waals surface area contributed by atoms with Crippen molar-refractivity contribution in [2.24, 2.45) is 0 Å². The van der Waals surface area contributed by atoms with Gasteiger partial charge in [0.25, 0.3) is 0 Å². The van der Waals surface area contributed by atoms with E-state index in [1.165, 1.54) is 6.07 Å². The molecule has 29 heavy (non-hydrogen) atoms. The zero-order valence-corrected chi connectivity index (χ0v) is 18.5. The lowest BCUT2D eigenvalue weighted by atomic mass is 9.97. The second-order valence-corrected chi connectivity index (χ2v) is 7.68. The summed E-state index contributed by atoms with van der Waals surface area (Å²) in [5.74, 6) is -0.591. The van der Waals surface area contributed by atoms with Gasteiger partial charge in [0.1, 0.15) is 5.75 Å². The van der Waals surface area contributed by atoms with Gasteiger partial charge in [0, 0.05) is 16.1 Å². The van der Waals surface area contributed by atoms with Crippen LogP contribution < -0.4 is 4.74 Å². The summed E-state index contributed by atoms with van der Waals surface area (Å²) in [6.45, 7) is 10.5.